The van der Waals surface area contributed by atoms with E-state index in [1.54, 1.807) is 17.7 Å². The van der Waals surface area contributed by atoms with Crippen molar-refractivity contribution in [3.63, 3.8) is 0 Å². The maximum absolute atomic E-state index is 13.2. The van der Waals surface area contributed by atoms with Crippen LogP contribution in [0.15, 0.2) is 11.1 Å². The first-order valence-corrected chi connectivity index (χ1v) is 11.3. The van der Waals surface area contributed by atoms with Gasteiger partial charge in [0.2, 0.25) is 5.91 Å². The molecule has 2 aromatic heterocycles. The van der Waals surface area contributed by atoms with E-state index in [1.807, 2.05) is 11.8 Å². The van der Waals surface area contributed by atoms with E-state index in [0.29, 0.717) is 12.6 Å². The van der Waals surface area contributed by atoms with Gasteiger partial charge in [0.05, 0.1) is 11.7 Å². The second-order valence-corrected chi connectivity index (χ2v) is 8.98. The van der Waals surface area contributed by atoms with Crippen LogP contribution in [0.2, 0.25) is 0 Å². The summed E-state index contributed by atoms with van der Waals surface area (Å²) in [6, 6.07) is 0.334. The van der Waals surface area contributed by atoms with E-state index < -0.39 is 0 Å². The van der Waals surface area contributed by atoms with Crippen molar-refractivity contribution in [2.24, 2.45) is 0 Å². The van der Waals surface area contributed by atoms with Gasteiger partial charge in [-0.2, -0.15) is 0 Å². The van der Waals surface area contributed by atoms with Gasteiger partial charge < -0.3 is 4.90 Å². The van der Waals surface area contributed by atoms with Gasteiger partial charge in [0.15, 0.2) is 0 Å². The summed E-state index contributed by atoms with van der Waals surface area (Å²) in [5.74, 6) is 0.0500. The monoisotopic (exact) mass is 387 g/mol. The summed E-state index contributed by atoms with van der Waals surface area (Å²) in [6.07, 6.45) is 13.0. The summed E-state index contributed by atoms with van der Waals surface area (Å²) in [5, 5.41) is 0.771. The molecule has 0 spiro atoms. The SMILES string of the molecule is CCN(C(=O)Cn1cnc2sc3c(c2c1=O)CCCCC3)C1CCCCC1. The van der Waals surface area contributed by atoms with Crippen LogP contribution in [-0.4, -0.2) is 32.9 Å². The molecule has 1 saturated carbocycles. The fourth-order valence-electron chi connectivity index (χ4n) is 4.74. The Balaban J connectivity index is 1.61. The van der Waals surface area contributed by atoms with Crippen LogP contribution >= 0.6 is 11.3 Å². The Morgan fingerprint density at radius 2 is 1.93 bits per heavy atom. The normalized spacial score (nSPS) is 18.3. The van der Waals surface area contributed by atoms with Crippen molar-refractivity contribution in [3.8, 4) is 0 Å². The van der Waals surface area contributed by atoms with Crippen LogP contribution in [0.5, 0.6) is 0 Å². The number of aryl methyl sites for hydroxylation is 2. The van der Waals surface area contributed by atoms with Crippen molar-refractivity contribution in [2.75, 3.05) is 6.54 Å². The number of carbonyl (C=O) groups is 1. The third-order valence-corrected chi connectivity index (χ3v) is 7.37. The number of carbonyl (C=O) groups excluding carboxylic acids is 1. The van der Waals surface area contributed by atoms with Crippen LogP contribution in [0.3, 0.4) is 0 Å². The van der Waals surface area contributed by atoms with Crippen LogP contribution < -0.4 is 5.56 Å². The minimum atomic E-state index is -0.0348. The van der Waals surface area contributed by atoms with Crippen LogP contribution in [0.1, 0.15) is 68.7 Å². The Labute approximate surface area is 164 Å². The molecule has 2 aromatic rings. The second kappa shape index (κ2) is 8.13. The highest BCUT2D eigenvalue weighted by Gasteiger charge is 2.25. The van der Waals surface area contributed by atoms with Gasteiger partial charge in [0, 0.05) is 17.5 Å². The van der Waals surface area contributed by atoms with Gasteiger partial charge in [-0.05, 0) is 51.0 Å². The van der Waals surface area contributed by atoms with Gasteiger partial charge in [-0.1, -0.05) is 25.7 Å². The Morgan fingerprint density at radius 1 is 1.19 bits per heavy atom. The number of rotatable bonds is 4. The summed E-state index contributed by atoms with van der Waals surface area (Å²) in [4.78, 5) is 34.8. The molecule has 0 bridgehead atoms. The minimum Gasteiger partial charge on any atom is -0.338 e. The largest absolute Gasteiger partial charge is 0.338 e. The topological polar surface area (TPSA) is 55.2 Å². The fourth-order valence-corrected chi connectivity index (χ4v) is 5.96. The van der Waals surface area contributed by atoms with Crippen molar-refractivity contribution in [3.05, 3.63) is 27.1 Å². The molecule has 0 N–H and O–H groups in total. The fraction of sp³-hybridized carbons (Fsp3) is 0.667. The van der Waals surface area contributed by atoms with Gasteiger partial charge in [0.1, 0.15) is 11.4 Å². The lowest BCUT2D eigenvalue weighted by molar-refractivity contribution is -0.134. The van der Waals surface area contributed by atoms with Gasteiger partial charge in [0.25, 0.3) is 5.56 Å². The van der Waals surface area contributed by atoms with Crippen LogP contribution in [-0.2, 0) is 24.2 Å². The molecule has 1 amide bonds. The lowest BCUT2D eigenvalue weighted by Crippen LogP contribution is -2.44. The molecule has 4 rings (SSSR count). The molecule has 0 unspecified atom stereocenters. The zero-order valence-corrected chi connectivity index (χ0v) is 17.0. The molecule has 0 aromatic carbocycles. The third kappa shape index (κ3) is 3.68. The Kier molecular flexibility index (Phi) is 5.62. The molecule has 0 aliphatic heterocycles. The molecule has 6 heteroatoms. The number of thiophene rings is 1. The first-order valence-electron chi connectivity index (χ1n) is 10.5. The Bertz CT molecular complexity index is 879. The van der Waals surface area contributed by atoms with Gasteiger partial charge in [-0.15, -0.1) is 11.3 Å². The number of nitrogens with zero attached hydrogens (tertiary/aromatic N) is 3. The maximum atomic E-state index is 13.2. The molecule has 0 atom stereocenters. The van der Waals surface area contributed by atoms with E-state index in [-0.39, 0.29) is 18.0 Å². The van der Waals surface area contributed by atoms with Gasteiger partial charge in [-0.3, -0.25) is 14.2 Å². The number of likely N-dealkylation sites (N-methyl/N-ethyl adjacent to an activating group) is 1. The van der Waals surface area contributed by atoms with E-state index in [2.05, 4.69) is 4.98 Å². The highest BCUT2D eigenvalue weighted by atomic mass is 32.1. The van der Waals surface area contributed by atoms with Crippen LogP contribution in [0, 0.1) is 0 Å². The molecule has 2 aliphatic rings. The molecule has 146 valence electrons. The molecular weight excluding hydrogens is 358 g/mol. The zero-order valence-electron chi connectivity index (χ0n) is 16.2. The summed E-state index contributed by atoms with van der Waals surface area (Å²) in [7, 11) is 0. The van der Waals surface area contributed by atoms with E-state index in [1.165, 1.54) is 47.1 Å². The number of amides is 1. The van der Waals surface area contributed by atoms with Crippen molar-refractivity contribution in [1.82, 2.24) is 14.5 Å². The summed E-state index contributed by atoms with van der Waals surface area (Å²) in [5.41, 5.74) is 1.17. The second-order valence-electron chi connectivity index (χ2n) is 7.89. The number of hydrogen-bond acceptors (Lipinski definition) is 4. The molecule has 2 aliphatic carbocycles. The summed E-state index contributed by atoms with van der Waals surface area (Å²) in [6.45, 7) is 2.86. The first kappa shape index (κ1) is 18.7. The van der Waals surface area contributed by atoms with E-state index in [9.17, 15) is 9.59 Å². The van der Waals surface area contributed by atoms with Crippen LogP contribution in [0.25, 0.3) is 10.2 Å². The van der Waals surface area contributed by atoms with E-state index in [0.717, 1.165) is 42.3 Å². The van der Waals surface area contributed by atoms with Crippen molar-refractivity contribution < 1.29 is 4.79 Å². The standard InChI is InChI=1S/C21H29N3O2S/c1-2-24(15-9-5-3-6-10-15)18(25)13-23-14-22-20-19(21(23)26)16-11-7-4-8-12-17(16)27-20/h14-15H,2-13H2,1H3. The summed E-state index contributed by atoms with van der Waals surface area (Å²) < 4.78 is 1.54. The smallest absolute Gasteiger partial charge is 0.262 e. The maximum Gasteiger partial charge on any atom is 0.262 e. The van der Waals surface area contributed by atoms with Gasteiger partial charge >= 0.3 is 0 Å². The van der Waals surface area contributed by atoms with E-state index in [4.69, 9.17) is 0 Å². The average molecular weight is 388 g/mol. The highest BCUT2D eigenvalue weighted by Crippen LogP contribution is 2.32. The quantitative estimate of drug-likeness (QED) is 0.748. The lowest BCUT2D eigenvalue weighted by atomic mass is 9.94. The van der Waals surface area contributed by atoms with Crippen molar-refractivity contribution >= 4 is 27.5 Å². The number of fused-ring (bicyclic) bond motifs is 3. The summed E-state index contributed by atoms with van der Waals surface area (Å²) >= 11 is 1.67. The highest BCUT2D eigenvalue weighted by molar-refractivity contribution is 7.18. The molecule has 27 heavy (non-hydrogen) atoms. The van der Waals surface area contributed by atoms with Gasteiger partial charge in [-0.25, -0.2) is 4.98 Å². The van der Waals surface area contributed by atoms with Crippen molar-refractivity contribution in [1.29, 1.82) is 0 Å². The van der Waals surface area contributed by atoms with E-state index >= 15 is 0 Å². The third-order valence-electron chi connectivity index (χ3n) is 6.17. The molecule has 5 nitrogen and oxygen atoms in total. The van der Waals surface area contributed by atoms with Crippen LogP contribution in [0.4, 0.5) is 0 Å². The lowest BCUT2D eigenvalue weighted by Gasteiger charge is -2.33. The molecule has 1 fully saturated rings. The Hall–Kier alpha value is -1.69. The molecule has 0 radical (unpaired) electrons. The molecular formula is C21H29N3O2S. The number of aromatic nitrogens is 2. The minimum absolute atomic E-state index is 0.0348. The zero-order chi connectivity index (χ0) is 18.8. The average Bonchev–Trinajstić information content (AvgIpc) is 2.88. The number of hydrogen-bond donors (Lipinski definition) is 0. The first-order chi connectivity index (χ1) is 13.2. The predicted molar refractivity (Wildman–Crippen MR) is 109 cm³/mol. The Morgan fingerprint density at radius 3 is 2.70 bits per heavy atom. The molecule has 0 saturated heterocycles. The predicted octanol–water partition coefficient (Wildman–Crippen LogP) is 3.91. The molecule has 2 heterocycles. The van der Waals surface area contributed by atoms with Crippen molar-refractivity contribution in [2.45, 2.75) is 83.7 Å².